The highest BCUT2D eigenvalue weighted by molar-refractivity contribution is 8.00. The molecule has 0 fully saturated rings. The predicted octanol–water partition coefficient (Wildman–Crippen LogP) is 5.73. The topological polar surface area (TPSA) is 63.6 Å². The second-order valence-corrected chi connectivity index (χ2v) is 9.10. The van der Waals surface area contributed by atoms with Crippen LogP contribution in [0.5, 0.6) is 0 Å². The van der Waals surface area contributed by atoms with Crippen molar-refractivity contribution >= 4 is 40.9 Å². The van der Waals surface area contributed by atoms with Crippen molar-refractivity contribution in [1.82, 2.24) is 19.9 Å². The van der Waals surface area contributed by atoms with Gasteiger partial charge in [-0.1, -0.05) is 17.7 Å². The number of thioether (sulfide) groups is 2. The molecule has 0 amide bonds. The zero-order valence-corrected chi connectivity index (χ0v) is 19.2. The van der Waals surface area contributed by atoms with Gasteiger partial charge in [-0.3, -0.25) is 4.98 Å². The highest BCUT2D eigenvalue weighted by Crippen LogP contribution is 2.27. The van der Waals surface area contributed by atoms with Crippen molar-refractivity contribution in [2.45, 2.75) is 43.7 Å². The lowest BCUT2D eigenvalue weighted by Crippen LogP contribution is -2.08. The van der Waals surface area contributed by atoms with E-state index in [4.69, 9.17) is 11.6 Å². The molecule has 3 aromatic heterocycles. The molecule has 0 aromatic carbocycles. The van der Waals surface area contributed by atoms with Gasteiger partial charge >= 0.3 is 0 Å². The molecule has 5 nitrogen and oxygen atoms in total. The smallest absolute Gasteiger partial charge is 0.149 e. The van der Waals surface area contributed by atoms with Gasteiger partial charge in [0.15, 0.2) is 0 Å². The van der Waals surface area contributed by atoms with Crippen molar-refractivity contribution in [2.75, 3.05) is 16.8 Å². The zero-order chi connectivity index (χ0) is 20.6. The van der Waals surface area contributed by atoms with Crippen molar-refractivity contribution in [1.29, 1.82) is 0 Å². The molecule has 1 N–H and O–H groups in total. The quantitative estimate of drug-likeness (QED) is 0.333. The third-order valence-electron chi connectivity index (χ3n) is 4.24. The Morgan fingerprint density at radius 3 is 2.59 bits per heavy atom. The molecule has 0 unspecified atom stereocenters. The summed E-state index contributed by atoms with van der Waals surface area (Å²) in [6.45, 7) is 6.44. The fourth-order valence-corrected chi connectivity index (χ4v) is 4.87. The molecule has 0 atom stereocenters. The van der Waals surface area contributed by atoms with Gasteiger partial charge in [-0.15, -0.1) is 23.5 Å². The minimum atomic E-state index is 0.559. The molecule has 0 aliphatic carbocycles. The SMILES string of the molecule is Cc1nc(C)c(Cl)c(NCc2nccc(SCCCSc3ccccn3)c2C)n1. The molecule has 3 heterocycles. The Labute approximate surface area is 185 Å². The van der Waals surface area contributed by atoms with Gasteiger partial charge < -0.3 is 5.32 Å². The largest absolute Gasteiger partial charge is 0.363 e. The highest BCUT2D eigenvalue weighted by atomic mass is 35.5. The van der Waals surface area contributed by atoms with Gasteiger partial charge in [0.1, 0.15) is 16.7 Å². The fourth-order valence-electron chi connectivity index (χ4n) is 2.73. The van der Waals surface area contributed by atoms with E-state index in [-0.39, 0.29) is 0 Å². The number of pyridine rings is 2. The number of aryl methyl sites for hydroxylation is 2. The molecule has 0 aliphatic rings. The van der Waals surface area contributed by atoms with E-state index in [1.54, 1.807) is 11.8 Å². The van der Waals surface area contributed by atoms with Crippen LogP contribution in [-0.4, -0.2) is 31.4 Å². The molecule has 3 rings (SSSR count). The van der Waals surface area contributed by atoms with Crippen molar-refractivity contribution in [2.24, 2.45) is 0 Å². The molecule has 3 aromatic rings. The molecule has 29 heavy (non-hydrogen) atoms. The standard InChI is InChI=1S/C21H24ClN5S2/c1-14-17(13-25-21-20(22)15(2)26-16(3)27-21)23-10-8-18(14)28-11-6-12-29-19-7-4-5-9-24-19/h4-5,7-10H,6,11-13H2,1-3H3,(H,25,26,27). The minimum absolute atomic E-state index is 0.559. The maximum atomic E-state index is 6.33. The first-order valence-corrected chi connectivity index (χ1v) is 11.7. The number of hydrogen-bond acceptors (Lipinski definition) is 7. The number of halogens is 1. The molecule has 0 saturated heterocycles. The van der Waals surface area contributed by atoms with Gasteiger partial charge in [0, 0.05) is 23.0 Å². The van der Waals surface area contributed by atoms with Gasteiger partial charge in [0.2, 0.25) is 0 Å². The Balaban J connectivity index is 1.53. The molecule has 0 radical (unpaired) electrons. The number of aromatic nitrogens is 4. The molecular weight excluding hydrogens is 422 g/mol. The first kappa shape index (κ1) is 21.9. The van der Waals surface area contributed by atoms with Crippen LogP contribution in [0.2, 0.25) is 5.02 Å². The lowest BCUT2D eigenvalue weighted by Gasteiger charge is -2.13. The Morgan fingerprint density at radius 1 is 0.966 bits per heavy atom. The van der Waals surface area contributed by atoms with Gasteiger partial charge in [-0.05, 0) is 56.7 Å². The van der Waals surface area contributed by atoms with Gasteiger partial charge in [-0.2, -0.15) is 0 Å². The average Bonchev–Trinajstić information content (AvgIpc) is 2.72. The van der Waals surface area contributed by atoms with Crippen LogP contribution in [0, 0.1) is 20.8 Å². The number of nitrogens with one attached hydrogen (secondary N) is 1. The van der Waals surface area contributed by atoms with E-state index in [1.807, 2.05) is 50.1 Å². The van der Waals surface area contributed by atoms with Crippen molar-refractivity contribution in [3.63, 3.8) is 0 Å². The Morgan fingerprint density at radius 2 is 1.79 bits per heavy atom. The summed E-state index contributed by atoms with van der Waals surface area (Å²) < 4.78 is 0. The van der Waals surface area contributed by atoms with E-state index in [0.717, 1.165) is 34.3 Å². The number of anilines is 1. The Kier molecular flexibility index (Phi) is 8.15. The minimum Gasteiger partial charge on any atom is -0.363 e. The monoisotopic (exact) mass is 445 g/mol. The summed E-state index contributed by atoms with van der Waals surface area (Å²) in [6.07, 6.45) is 4.83. The summed E-state index contributed by atoms with van der Waals surface area (Å²) in [7, 11) is 0. The van der Waals surface area contributed by atoms with Crippen LogP contribution in [0.15, 0.2) is 46.6 Å². The van der Waals surface area contributed by atoms with Crippen LogP contribution in [0.3, 0.4) is 0 Å². The van der Waals surface area contributed by atoms with Gasteiger partial charge in [-0.25, -0.2) is 15.0 Å². The fraction of sp³-hybridized carbons (Fsp3) is 0.333. The highest BCUT2D eigenvalue weighted by Gasteiger charge is 2.10. The molecular formula is C21H24ClN5S2. The maximum absolute atomic E-state index is 6.33. The van der Waals surface area contributed by atoms with Crippen LogP contribution in [0.4, 0.5) is 5.82 Å². The van der Waals surface area contributed by atoms with Gasteiger partial charge in [0.25, 0.3) is 0 Å². The molecule has 8 heteroatoms. The van der Waals surface area contributed by atoms with Crippen molar-refractivity contribution in [3.05, 3.63) is 64.5 Å². The summed E-state index contributed by atoms with van der Waals surface area (Å²) in [5, 5.41) is 4.95. The predicted molar refractivity (Wildman–Crippen MR) is 123 cm³/mol. The van der Waals surface area contributed by atoms with Crippen molar-refractivity contribution < 1.29 is 0 Å². The Bertz CT molecular complexity index is 953. The average molecular weight is 446 g/mol. The summed E-state index contributed by atoms with van der Waals surface area (Å²) in [5.74, 6) is 3.48. The van der Waals surface area contributed by atoms with Crippen molar-refractivity contribution in [3.8, 4) is 0 Å². The second kappa shape index (κ2) is 10.8. The normalized spacial score (nSPS) is 10.9. The lowest BCUT2D eigenvalue weighted by atomic mass is 10.2. The van der Waals surface area contributed by atoms with E-state index in [1.165, 1.54) is 10.5 Å². The van der Waals surface area contributed by atoms with Crippen LogP contribution in [-0.2, 0) is 6.54 Å². The number of nitrogens with zero attached hydrogens (tertiary/aromatic N) is 4. The van der Waals surface area contributed by atoms with E-state index >= 15 is 0 Å². The number of hydrogen-bond donors (Lipinski definition) is 1. The summed E-state index contributed by atoms with van der Waals surface area (Å²) in [6, 6.07) is 8.11. The second-order valence-electron chi connectivity index (χ2n) is 6.47. The molecule has 152 valence electrons. The third-order valence-corrected chi connectivity index (χ3v) is 6.97. The van der Waals surface area contributed by atoms with E-state index < -0.39 is 0 Å². The van der Waals surface area contributed by atoms with Gasteiger partial charge in [0.05, 0.1) is 23.0 Å². The van der Waals surface area contributed by atoms with E-state index in [0.29, 0.717) is 23.2 Å². The van der Waals surface area contributed by atoms with Crippen LogP contribution in [0.1, 0.15) is 29.2 Å². The molecule has 0 saturated carbocycles. The first-order valence-electron chi connectivity index (χ1n) is 9.40. The lowest BCUT2D eigenvalue weighted by molar-refractivity contribution is 0.954. The zero-order valence-electron chi connectivity index (χ0n) is 16.8. The maximum Gasteiger partial charge on any atom is 0.149 e. The first-order chi connectivity index (χ1) is 14.0. The van der Waals surface area contributed by atoms with Crippen LogP contribution >= 0.6 is 35.1 Å². The summed E-state index contributed by atoms with van der Waals surface area (Å²) >= 11 is 10.0. The molecule has 0 spiro atoms. The van der Waals surface area contributed by atoms with E-state index in [9.17, 15) is 0 Å². The number of rotatable bonds is 9. The van der Waals surface area contributed by atoms with Crippen LogP contribution < -0.4 is 5.32 Å². The summed E-state index contributed by atoms with van der Waals surface area (Å²) in [4.78, 5) is 18.8. The third kappa shape index (κ3) is 6.32. The van der Waals surface area contributed by atoms with Crippen LogP contribution in [0.25, 0.3) is 0 Å². The molecule has 0 bridgehead atoms. The summed E-state index contributed by atoms with van der Waals surface area (Å²) in [5.41, 5.74) is 2.98. The Hall–Kier alpha value is -1.83. The molecule has 0 aliphatic heterocycles. The van der Waals surface area contributed by atoms with E-state index in [2.05, 4.69) is 44.3 Å².